The number of carbonyl (C=O) groups is 1. The quantitative estimate of drug-likeness (QED) is 0.345. The number of nitrogens with one attached hydrogen (secondary N) is 1. The van der Waals surface area contributed by atoms with E-state index in [0.717, 1.165) is 0 Å². The Kier molecular flexibility index (Phi) is 6.23. The Morgan fingerprint density at radius 1 is 1.03 bits per heavy atom. The standard InChI is InChI=1S/C24H18BrFN2O4/c1-30-15-8-9-18(21(12-15)31-2)22-13-27-24(32-22)17-6-4-3-5-16(17)23(29)28-20-10-7-14(25)11-19(20)26/h3-13H,1-2H3,(H,28,29). The lowest BCUT2D eigenvalue weighted by Gasteiger charge is -2.10. The highest BCUT2D eigenvalue weighted by molar-refractivity contribution is 9.10. The number of benzene rings is 3. The van der Waals surface area contributed by atoms with Crippen LogP contribution in [0.25, 0.3) is 22.8 Å². The molecule has 0 atom stereocenters. The van der Waals surface area contributed by atoms with Crippen LogP contribution < -0.4 is 14.8 Å². The molecule has 0 unspecified atom stereocenters. The first kappa shape index (κ1) is 21.6. The van der Waals surface area contributed by atoms with E-state index in [4.69, 9.17) is 13.9 Å². The number of aromatic nitrogens is 1. The van der Waals surface area contributed by atoms with Gasteiger partial charge in [-0.25, -0.2) is 9.37 Å². The average Bonchev–Trinajstić information content (AvgIpc) is 3.30. The summed E-state index contributed by atoms with van der Waals surface area (Å²) < 4.78 is 31.4. The normalized spacial score (nSPS) is 10.6. The fraction of sp³-hybridized carbons (Fsp3) is 0.0833. The molecule has 1 amide bonds. The molecule has 0 aliphatic carbocycles. The number of rotatable bonds is 6. The summed E-state index contributed by atoms with van der Waals surface area (Å²) in [7, 11) is 3.12. The fourth-order valence-electron chi connectivity index (χ4n) is 3.17. The molecule has 1 aromatic heterocycles. The zero-order valence-corrected chi connectivity index (χ0v) is 18.8. The van der Waals surface area contributed by atoms with Gasteiger partial charge in [0.25, 0.3) is 5.91 Å². The van der Waals surface area contributed by atoms with Crippen molar-refractivity contribution in [1.82, 2.24) is 4.98 Å². The highest BCUT2D eigenvalue weighted by atomic mass is 79.9. The van der Waals surface area contributed by atoms with E-state index in [9.17, 15) is 9.18 Å². The SMILES string of the molecule is COc1ccc(-c2cnc(-c3ccccc3C(=O)Nc3ccc(Br)cc3F)o2)c(OC)c1. The number of nitrogens with zero attached hydrogens (tertiary/aromatic N) is 1. The first-order valence-corrected chi connectivity index (χ1v) is 10.3. The Hall–Kier alpha value is -3.65. The second-order valence-corrected chi connectivity index (χ2v) is 7.64. The van der Waals surface area contributed by atoms with E-state index in [1.165, 1.54) is 12.1 Å². The molecule has 1 N–H and O–H groups in total. The molecule has 0 spiro atoms. The molecule has 0 fully saturated rings. The van der Waals surface area contributed by atoms with Gasteiger partial charge in [-0.1, -0.05) is 28.1 Å². The number of methoxy groups -OCH3 is 2. The van der Waals surface area contributed by atoms with E-state index in [-0.39, 0.29) is 11.6 Å². The second-order valence-electron chi connectivity index (χ2n) is 6.72. The van der Waals surface area contributed by atoms with Crippen LogP contribution in [0.15, 0.2) is 75.8 Å². The summed E-state index contributed by atoms with van der Waals surface area (Å²) in [5.74, 6) is 0.892. The highest BCUT2D eigenvalue weighted by Crippen LogP contribution is 2.36. The summed E-state index contributed by atoms with van der Waals surface area (Å²) in [5, 5.41) is 2.60. The van der Waals surface area contributed by atoms with E-state index < -0.39 is 11.7 Å². The second kappa shape index (κ2) is 9.23. The molecular weight excluding hydrogens is 479 g/mol. The maximum absolute atomic E-state index is 14.2. The summed E-state index contributed by atoms with van der Waals surface area (Å²) in [4.78, 5) is 17.2. The van der Waals surface area contributed by atoms with Crippen LogP contribution in [-0.4, -0.2) is 25.1 Å². The number of hydrogen-bond donors (Lipinski definition) is 1. The van der Waals surface area contributed by atoms with Crippen LogP contribution in [0.3, 0.4) is 0 Å². The first-order valence-electron chi connectivity index (χ1n) is 9.54. The van der Waals surface area contributed by atoms with Crippen molar-refractivity contribution in [2.24, 2.45) is 0 Å². The smallest absolute Gasteiger partial charge is 0.256 e. The third-order valence-corrected chi connectivity index (χ3v) is 5.25. The van der Waals surface area contributed by atoms with Gasteiger partial charge >= 0.3 is 0 Å². The summed E-state index contributed by atoms with van der Waals surface area (Å²) in [6, 6.07) is 16.6. The van der Waals surface area contributed by atoms with Crippen LogP contribution >= 0.6 is 15.9 Å². The molecule has 3 aromatic carbocycles. The molecule has 1 heterocycles. The van der Waals surface area contributed by atoms with Gasteiger partial charge in [-0.05, 0) is 42.5 Å². The van der Waals surface area contributed by atoms with Gasteiger partial charge in [0.15, 0.2) is 5.76 Å². The summed E-state index contributed by atoms with van der Waals surface area (Å²) >= 11 is 3.20. The van der Waals surface area contributed by atoms with E-state index >= 15 is 0 Å². The van der Waals surface area contributed by atoms with E-state index in [2.05, 4.69) is 26.2 Å². The minimum Gasteiger partial charge on any atom is -0.497 e. The first-order chi connectivity index (χ1) is 15.5. The predicted molar refractivity (Wildman–Crippen MR) is 123 cm³/mol. The van der Waals surface area contributed by atoms with Crippen molar-refractivity contribution in [3.05, 3.63) is 82.7 Å². The van der Waals surface area contributed by atoms with E-state index in [1.807, 2.05) is 0 Å². The maximum atomic E-state index is 14.2. The molecular formula is C24H18BrFN2O4. The number of amides is 1. The number of oxazole rings is 1. The predicted octanol–water partition coefficient (Wildman–Crippen LogP) is 6.18. The van der Waals surface area contributed by atoms with Gasteiger partial charge in [0.1, 0.15) is 17.3 Å². The van der Waals surface area contributed by atoms with Crippen molar-refractivity contribution in [3.63, 3.8) is 0 Å². The molecule has 0 bridgehead atoms. The Labute approximate surface area is 192 Å². The van der Waals surface area contributed by atoms with Crippen LogP contribution in [0.1, 0.15) is 10.4 Å². The molecule has 0 aliphatic heterocycles. The van der Waals surface area contributed by atoms with Crippen LogP contribution in [-0.2, 0) is 0 Å². The topological polar surface area (TPSA) is 73.6 Å². The minimum absolute atomic E-state index is 0.0732. The molecule has 0 aliphatic rings. The molecule has 32 heavy (non-hydrogen) atoms. The van der Waals surface area contributed by atoms with E-state index in [0.29, 0.717) is 38.4 Å². The molecule has 162 valence electrons. The van der Waals surface area contributed by atoms with Crippen molar-refractivity contribution in [2.75, 3.05) is 19.5 Å². The molecule has 6 nitrogen and oxygen atoms in total. The highest BCUT2D eigenvalue weighted by Gasteiger charge is 2.19. The van der Waals surface area contributed by atoms with Gasteiger partial charge < -0.3 is 19.2 Å². The third kappa shape index (κ3) is 4.36. The van der Waals surface area contributed by atoms with Crippen molar-refractivity contribution in [1.29, 1.82) is 0 Å². The Bertz CT molecular complexity index is 1290. The summed E-state index contributed by atoms with van der Waals surface area (Å²) in [6.07, 6.45) is 1.56. The fourth-order valence-corrected chi connectivity index (χ4v) is 3.51. The van der Waals surface area contributed by atoms with Crippen LogP contribution in [0.4, 0.5) is 10.1 Å². The van der Waals surface area contributed by atoms with Gasteiger partial charge in [0.2, 0.25) is 5.89 Å². The van der Waals surface area contributed by atoms with Gasteiger partial charge in [0, 0.05) is 16.1 Å². The molecule has 0 saturated heterocycles. The summed E-state index contributed by atoms with van der Waals surface area (Å²) in [5.41, 5.74) is 1.53. The Morgan fingerprint density at radius 3 is 2.59 bits per heavy atom. The van der Waals surface area contributed by atoms with Crippen molar-refractivity contribution >= 4 is 27.5 Å². The lowest BCUT2D eigenvalue weighted by molar-refractivity contribution is 0.102. The monoisotopic (exact) mass is 496 g/mol. The van der Waals surface area contributed by atoms with Crippen molar-refractivity contribution < 1.29 is 23.1 Å². The number of hydrogen-bond acceptors (Lipinski definition) is 5. The van der Waals surface area contributed by atoms with Crippen molar-refractivity contribution in [3.8, 4) is 34.3 Å². The lowest BCUT2D eigenvalue weighted by atomic mass is 10.1. The van der Waals surface area contributed by atoms with Gasteiger partial charge in [0.05, 0.1) is 37.2 Å². The summed E-state index contributed by atoms with van der Waals surface area (Å²) in [6.45, 7) is 0. The Morgan fingerprint density at radius 2 is 1.84 bits per heavy atom. The molecule has 0 saturated carbocycles. The molecule has 4 rings (SSSR count). The number of halogens is 2. The minimum atomic E-state index is -0.546. The van der Waals surface area contributed by atoms with Crippen molar-refractivity contribution in [2.45, 2.75) is 0 Å². The number of ether oxygens (including phenoxy) is 2. The number of anilines is 1. The maximum Gasteiger partial charge on any atom is 0.256 e. The van der Waals surface area contributed by atoms with Gasteiger partial charge in [-0.3, -0.25) is 4.79 Å². The van der Waals surface area contributed by atoms with Gasteiger partial charge in [-0.15, -0.1) is 0 Å². The van der Waals surface area contributed by atoms with Crippen LogP contribution in [0.5, 0.6) is 11.5 Å². The average molecular weight is 497 g/mol. The van der Waals surface area contributed by atoms with Crippen LogP contribution in [0, 0.1) is 5.82 Å². The zero-order valence-electron chi connectivity index (χ0n) is 17.2. The van der Waals surface area contributed by atoms with E-state index in [1.54, 1.807) is 68.9 Å². The largest absolute Gasteiger partial charge is 0.497 e. The van der Waals surface area contributed by atoms with Gasteiger partial charge in [-0.2, -0.15) is 0 Å². The Balaban J connectivity index is 1.67. The third-order valence-electron chi connectivity index (χ3n) is 4.76. The zero-order chi connectivity index (χ0) is 22.7. The molecule has 0 radical (unpaired) electrons. The van der Waals surface area contributed by atoms with Crippen LogP contribution in [0.2, 0.25) is 0 Å². The lowest BCUT2D eigenvalue weighted by Crippen LogP contribution is -2.14. The molecule has 4 aromatic rings. The number of carbonyl (C=O) groups excluding carboxylic acids is 1. The molecule has 8 heteroatoms.